The highest BCUT2D eigenvalue weighted by Gasteiger charge is 2.01. The van der Waals surface area contributed by atoms with Gasteiger partial charge in [-0.15, -0.1) is 11.3 Å². The molecule has 0 amide bonds. The van der Waals surface area contributed by atoms with Crippen molar-refractivity contribution < 1.29 is 9.84 Å². The van der Waals surface area contributed by atoms with E-state index in [0.29, 0.717) is 19.6 Å². The van der Waals surface area contributed by atoms with Crippen molar-refractivity contribution in [1.82, 2.24) is 4.98 Å². The van der Waals surface area contributed by atoms with E-state index in [1.165, 1.54) is 4.88 Å². The molecule has 1 aromatic carbocycles. The van der Waals surface area contributed by atoms with Crippen molar-refractivity contribution in [2.24, 2.45) is 0 Å². The Hall–Kier alpha value is -1.67. The van der Waals surface area contributed by atoms with E-state index in [9.17, 15) is 0 Å². The summed E-state index contributed by atoms with van der Waals surface area (Å²) in [6.45, 7) is 3.46. The van der Waals surface area contributed by atoms with Crippen LogP contribution in [0.3, 0.4) is 0 Å². The lowest BCUT2D eigenvalue weighted by molar-refractivity contribution is 0.124. The van der Waals surface area contributed by atoms with E-state index >= 15 is 0 Å². The van der Waals surface area contributed by atoms with Gasteiger partial charge in [-0.05, 0) is 24.6 Å². The number of aryl methyl sites for hydroxylation is 1. The van der Waals surface area contributed by atoms with E-state index in [1.807, 2.05) is 36.7 Å². The van der Waals surface area contributed by atoms with Crippen molar-refractivity contribution in [3.63, 3.8) is 0 Å². The molecule has 1 heterocycles. The van der Waals surface area contributed by atoms with E-state index in [2.05, 4.69) is 16.8 Å². The first kappa shape index (κ1) is 15.7. The Labute approximate surface area is 129 Å². The van der Waals surface area contributed by atoms with Crippen LogP contribution in [0.15, 0.2) is 29.8 Å². The van der Waals surface area contributed by atoms with E-state index in [0.717, 1.165) is 23.2 Å². The molecule has 0 bridgehead atoms. The fourth-order valence-electron chi connectivity index (χ4n) is 1.83. The third-order valence-corrected chi connectivity index (χ3v) is 4.01. The molecule has 1 N–H and O–H groups in total. The monoisotopic (exact) mass is 301 g/mol. The topological polar surface area (TPSA) is 42.4 Å². The SMILES string of the molecule is Cc1ncsc1CCOCc1ccc(C#CCCO)cc1. The van der Waals surface area contributed by atoms with Gasteiger partial charge in [0.05, 0.1) is 31.0 Å². The third-order valence-electron chi connectivity index (χ3n) is 3.01. The summed E-state index contributed by atoms with van der Waals surface area (Å²) in [5.74, 6) is 5.92. The third kappa shape index (κ3) is 5.31. The predicted octanol–water partition coefficient (Wildman–Crippen LogP) is 2.94. The summed E-state index contributed by atoms with van der Waals surface area (Å²) in [6.07, 6.45) is 1.43. The molecule has 4 heteroatoms. The summed E-state index contributed by atoms with van der Waals surface area (Å²) < 4.78 is 5.70. The molecule has 21 heavy (non-hydrogen) atoms. The highest BCUT2D eigenvalue weighted by molar-refractivity contribution is 7.09. The number of rotatable bonds is 6. The first-order valence-corrected chi connectivity index (χ1v) is 7.83. The van der Waals surface area contributed by atoms with Gasteiger partial charge in [-0.1, -0.05) is 24.0 Å². The predicted molar refractivity (Wildman–Crippen MR) is 85.2 cm³/mol. The summed E-state index contributed by atoms with van der Waals surface area (Å²) in [7, 11) is 0. The molecule has 0 saturated heterocycles. The molecule has 0 atom stereocenters. The van der Waals surface area contributed by atoms with Crippen molar-refractivity contribution in [3.05, 3.63) is 51.5 Å². The number of ether oxygens (including phenoxy) is 1. The molecule has 0 aliphatic rings. The second kappa shape index (κ2) is 8.58. The summed E-state index contributed by atoms with van der Waals surface area (Å²) in [6, 6.07) is 8.02. The maximum atomic E-state index is 8.67. The minimum Gasteiger partial charge on any atom is -0.395 e. The number of hydrogen-bond donors (Lipinski definition) is 1. The molecule has 0 fully saturated rings. The molecule has 2 rings (SSSR count). The molecule has 0 aliphatic heterocycles. The zero-order valence-electron chi connectivity index (χ0n) is 12.1. The van der Waals surface area contributed by atoms with Crippen molar-refractivity contribution in [2.45, 2.75) is 26.4 Å². The zero-order chi connectivity index (χ0) is 14.9. The van der Waals surface area contributed by atoms with Gasteiger partial charge >= 0.3 is 0 Å². The van der Waals surface area contributed by atoms with Crippen LogP contribution >= 0.6 is 11.3 Å². The molecule has 110 valence electrons. The van der Waals surface area contributed by atoms with Crippen LogP contribution in [0, 0.1) is 18.8 Å². The minimum absolute atomic E-state index is 0.109. The Bertz CT molecular complexity index is 608. The van der Waals surface area contributed by atoms with Gasteiger partial charge in [0.2, 0.25) is 0 Å². The normalized spacial score (nSPS) is 10.2. The standard InChI is InChI=1S/C17H19NO2S/c1-14-17(21-13-18-14)9-11-20-12-16-7-5-15(6-8-16)4-2-3-10-19/h5-8,13,19H,3,9-12H2,1H3. The van der Waals surface area contributed by atoms with Crippen molar-refractivity contribution in [1.29, 1.82) is 0 Å². The second-order valence-electron chi connectivity index (χ2n) is 4.64. The van der Waals surface area contributed by atoms with Gasteiger partial charge in [0.1, 0.15) is 0 Å². The van der Waals surface area contributed by atoms with Crippen molar-refractivity contribution in [3.8, 4) is 11.8 Å². The molecule has 0 spiro atoms. The zero-order valence-corrected chi connectivity index (χ0v) is 12.9. The summed E-state index contributed by atoms with van der Waals surface area (Å²) in [5, 5.41) is 8.67. The number of benzene rings is 1. The second-order valence-corrected chi connectivity index (χ2v) is 5.58. The first-order valence-electron chi connectivity index (χ1n) is 6.95. The smallest absolute Gasteiger partial charge is 0.0797 e. The van der Waals surface area contributed by atoms with E-state index < -0.39 is 0 Å². The summed E-state index contributed by atoms with van der Waals surface area (Å²) >= 11 is 1.68. The molecule has 0 aliphatic carbocycles. The number of aliphatic hydroxyl groups excluding tert-OH is 1. The summed E-state index contributed by atoms with van der Waals surface area (Å²) in [4.78, 5) is 5.52. The Balaban J connectivity index is 1.74. The van der Waals surface area contributed by atoms with Crippen LogP contribution in [0.25, 0.3) is 0 Å². The average Bonchev–Trinajstić information content (AvgIpc) is 2.91. The van der Waals surface area contributed by atoms with Crippen LogP contribution in [-0.4, -0.2) is 23.3 Å². The Morgan fingerprint density at radius 3 is 2.76 bits per heavy atom. The molecular weight excluding hydrogens is 282 g/mol. The Kier molecular flexibility index (Phi) is 6.42. The maximum absolute atomic E-state index is 8.67. The van der Waals surface area contributed by atoms with Gasteiger partial charge < -0.3 is 9.84 Å². The number of hydrogen-bond acceptors (Lipinski definition) is 4. The molecule has 0 unspecified atom stereocenters. The lowest BCUT2D eigenvalue weighted by Crippen LogP contribution is -1.99. The van der Waals surface area contributed by atoms with Crippen molar-refractivity contribution in [2.75, 3.05) is 13.2 Å². The Morgan fingerprint density at radius 1 is 1.29 bits per heavy atom. The van der Waals surface area contributed by atoms with Gasteiger partial charge in [0, 0.05) is 23.3 Å². The quantitative estimate of drug-likeness (QED) is 0.659. The van der Waals surface area contributed by atoms with Gasteiger partial charge in [0.15, 0.2) is 0 Å². The lowest BCUT2D eigenvalue weighted by atomic mass is 10.1. The number of aliphatic hydroxyl groups is 1. The molecule has 0 radical (unpaired) electrons. The largest absolute Gasteiger partial charge is 0.395 e. The number of aromatic nitrogens is 1. The van der Waals surface area contributed by atoms with Crippen LogP contribution in [-0.2, 0) is 17.8 Å². The van der Waals surface area contributed by atoms with E-state index in [-0.39, 0.29) is 6.61 Å². The van der Waals surface area contributed by atoms with Crippen LogP contribution < -0.4 is 0 Å². The van der Waals surface area contributed by atoms with E-state index in [1.54, 1.807) is 11.3 Å². The average molecular weight is 301 g/mol. The highest BCUT2D eigenvalue weighted by Crippen LogP contribution is 2.13. The Morgan fingerprint density at radius 2 is 2.10 bits per heavy atom. The summed E-state index contributed by atoms with van der Waals surface area (Å²) in [5.41, 5.74) is 5.09. The highest BCUT2D eigenvalue weighted by atomic mass is 32.1. The van der Waals surface area contributed by atoms with Crippen LogP contribution in [0.2, 0.25) is 0 Å². The van der Waals surface area contributed by atoms with Gasteiger partial charge in [-0.25, -0.2) is 4.98 Å². The molecular formula is C17H19NO2S. The molecule has 3 nitrogen and oxygen atoms in total. The number of nitrogens with zero attached hydrogens (tertiary/aromatic N) is 1. The molecule has 1 aromatic heterocycles. The van der Waals surface area contributed by atoms with E-state index in [4.69, 9.17) is 9.84 Å². The van der Waals surface area contributed by atoms with Gasteiger partial charge in [0.25, 0.3) is 0 Å². The van der Waals surface area contributed by atoms with Crippen LogP contribution in [0.1, 0.15) is 28.1 Å². The van der Waals surface area contributed by atoms with Crippen LogP contribution in [0.5, 0.6) is 0 Å². The lowest BCUT2D eigenvalue weighted by Gasteiger charge is -2.04. The van der Waals surface area contributed by atoms with Gasteiger partial charge in [-0.2, -0.15) is 0 Å². The maximum Gasteiger partial charge on any atom is 0.0797 e. The van der Waals surface area contributed by atoms with Gasteiger partial charge in [-0.3, -0.25) is 0 Å². The fraction of sp³-hybridized carbons (Fsp3) is 0.353. The molecule has 2 aromatic rings. The number of thiazole rings is 1. The van der Waals surface area contributed by atoms with Crippen molar-refractivity contribution >= 4 is 11.3 Å². The molecule has 0 saturated carbocycles. The fourth-order valence-corrected chi connectivity index (χ4v) is 2.59. The van der Waals surface area contributed by atoms with Crippen LogP contribution in [0.4, 0.5) is 0 Å². The first-order chi connectivity index (χ1) is 10.3. The minimum atomic E-state index is 0.109.